The summed E-state index contributed by atoms with van der Waals surface area (Å²) in [5.41, 5.74) is 0.773. The lowest BCUT2D eigenvalue weighted by molar-refractivity contribution is -0.155. The maximum atomic E-state index is 12.0. The molecule has 0 saturated carbocycles. The molecule has 6 heteroatoms. The standard InChI is InChI=1S/C14H14BrNO4/c1-2-20-14(19)12-10(7-11(17)16-13(12)18)8-3-5-9(15)6-4-8/h3-6,10,12H,2,7H2,1H3,(H,16,17,18)/t10-,12-/m0/s1. The molecular weight excluding hydrogens is 326 g/mol. The maximum absolute atomic E-state index is 12.0. The van der Waals surface area contributed by atoms with Crippen LogP contribution < -0.4 is 5.32 Å². The van der Waals surface area contributed by atoms with E-state index in [1.54, 1.807) is 19.1 Å². The summed E-state index contributed by atoms with van der Waals surface area (Å²) >= 11 is 3.32. The first-order valence-electron chi connectivity index (χ1n) is 6.28. The topological polar surface area (TPSA) is 72.5 Å². The van der Waals surface area contributed by atoms with Crippen LogP contribution in [0.15, 0.2) is 28.7 Å². The summed E-state index contributed by atoms with van der Waals surface area (Å²) in [6.07, 6.45) is 0.0941. The monoisotopic (exact) mass is 339 g/mol. The van der Waals surface area contributed by atoms with Crippen LogP contribution in [-0.4, -0.2) is 24.4 Å². The summed E-state index contributed by atoms with van der Waals surface area (Å²) in [4.78, 5) is 35.4. The minimum atomic E-state index is -0.978. The molecule has 1 aromatic rings. The Bertz CT molecular complexity index is 541. The van der Waals surface area contributed by atoms with Gasteiger partial charge in [-0.25, -0.2) is 0 Å². The number of imide groups is 1. The van der Waals surface area contributed by atoms with Crippen molar-refractivity contribution in [3.63, 3.8) is 0 Å². The van der Waals surface area contributed by atoms with Crippen molar-refractivity contribution in [3.8, 4) is 0 Å². The molecule has 0 bridgehead atoms. The molecule has 1 aromatic carbocycles. The van der Waals surface area contributed by atoms with Crippen molar-refractivity contribution in [3.05, 3.63) is 34.3 Å². The molecule has 2 rings (SSSR count). The van der Waals surface area contributed by atoms with E-state index in [-0.39, 0.29) is 18.9 Å². The Morgan fingerprint density at radius 2 is 2.00 bits per heavy atom. The molecule has 0 unspecified atom stereocenters. The SMILES string of the molecule is CCOC(=O)[C@@H]1C(=O)NC(=O)C[C@H]1c1ccc(Br)cc1. The number of carbonyl (C=O) groups is 3. The zero-order valence-corrected chi connectivity index (χ0v) is 12.5. The number of carbonyl (C=O) groups excluding carboxylic acids is 3. The van der Waals surface area contributed by atoms with E-state index in [0.29, 0.717) is 0 Å². The Kier molecular flexibility index (Phi) is 4.54. The Morgan fingerprint density at radius 1 is 1.35 bits per heavy atom. The molecule has 0 radical (unpaired) electrons. The number of ether oxygens (including phenoxy) is 1. The van der Waals surface area contributed by atoms with Gasteiger partial charge < -0.3 is 4.74 Å². The fourth-order valence-corrected chi connectivity index (χ4v) is 2.55. The van der Waals surface area contributed by atoms with Crippen LogP contribution in [0.3, 0.4) is 0 Å². The minimum Gasteiger partial charge on any atom is -0.465 e. The van der Waals surface area contributed by atoms with Gasteiger partial charge in [0.05, 0.1) is 6.61 Å². The second-order valence-corrected chi connectivity index (χ2v) is 5.42. The molecule has 1 heterocycles. The van der Waals surface area contributed by atoms with Gasteiger partial charge in [0, 0.05) is 16.8 Å². The van der Waals surface area contributed by atoms with Gasteiger partial charge in [-0.05, 0) is 24.6 Å². The molecule has 0 aliphatic carbocycles. The lowest BCUT2D eigenvalue weighted by atomic mass is 9.80. The van der Waals surface area contributed by atoms with Crippen molar-refractivity contribution in [1.82, 2.24) is 5.32 Å². The highest BCUT2D eigenvalue weighted by Crippen LogP contribution is 2.33. The molecular formula is C14H14BrNO4. The van der Waals surface area contributed by atoms with E-state index >= 15 is 0 Å². The van der Waals surface area contributed by atoms with Gasteiger partial charge in [-0.3, -0.25) is 19.7 Å². The van der Waals surface area contributed by atoms with Crippen LogP contribution in [0.1, 0.15) is 24.8 Å². The van der Waals surface area contributed by atoms with Crippen LogP contribution in [-0.2, 0) is 19.1 Å². The molecule has 0 spiro atoms. The Labute approximate surface area is 124 Å². The van der Waals surface area contributed by atoms with Crippen molar-refractivity contribution < 1.29 is 19.1 Å². The second kappa shape index (κ2) is 6.17. The number of benzene rings is 1. The molecule has 2 atom stereocenters. The molecule has 1 aliphatic heterocycles. The predicted octanol–water partition coefficient (Wildman–Crippen LogP) is 1.76. The fourth-order valence-electron chi connectivity index (χ4n) is 2.29. The number of nitrogens with one attached hydrogen (secondary N) is 1. The predicted molar refractivity (Wildman–Crippen MR) is 74.8 cm³/mol. The summed E-state index contributed by atoms with van der Waals surface area (Å²) in [5.74, 6) is -3.02. The molecule has 1 aliphatic rings. The fraction of sp³-hybridized carbons (Fsp3) is 0.357. The normalized spacial score (nSPS) is 22.3. The van der Waals surface area contributed by atoms with Crippen molar-refractivity contribution >= 4 is 33.7 Å². The molecule has 2 amide bonds. The lowest BCUT2D eigenvalue weighted by Gasteiger charge is -2.28. The largest absolute Gasteiger partial charge is 0.465 e. The average molecular weight is 340 g/mol. The number of hydrogen-bond acceptors (Lipinski definition) is 4. The summed E-state index contributed by atoms with van der Waals surface area (Å²) in [5, 5.41) is 2.19. The number of hydrogen-bond donors (Lipinski definition) is 1. The molecule has 1 fully saturated rings. The van der Waals surface area contributed by atoms with Crippen LogP contribution in [0, 0.1) is 5.92 Å². The van der Waals surface area contributed by atoms with E-state index in [4.69, 9.17) is 4.74 Å². The number of amides is 2. The van der Waals surface area contributed by atoms with Crippen LogP contribution in [0.4, 0.5) is 0 Å². The van der Waals surface area contributed by atoms with Gasteiger partial charge in [0.1, 0.15) is 5.92 Å². The van der Waals surface area contributed by atoms with Gasteiger partial charge in [0.15, 0.2) is 0 Å². The van der Waals surface area contributed by atoms with E-state index in [1.165, 1.54) is 0 Å². The number of esters is 1. The van der Waals surface area contributed by atoms with E-state index in [9.17, 15) is 14.4 Å². The Hall–Kier alpha value is -1.69. The quantitative estimate of drug-likeness (QED) is 0.517. The summed E-state index contributed by atoms with van der Waals surface area (Å²) in [7, 11) is 0. The van der Waals surface area contributed by atoms with Gasteiger partial charge in [0.2, 0.25) is 11.8 Å². The Morgan fingerprint density at radius 3 is 2.60 bits per heavy atom. The summed E-state index contributed by atoms with van der Waals surface area (Å²) in [6, 6.07) is 7.22. The van der Waals surface area contributed by atoms with Gasteiger partial charge in [-0.15, -0.1) is 0 Å². The van der Waals surface area contributed by atoms with Crippen LogP contribution in [0.5, 0.6) is 0 Å². The number of piperidine rings is 1. The third-order valence-electron chi connectivity index (χ3n) is 3.19. The average Bonchev–Trinajstić information content (AvgIpc) is 2.38. The van der Waals surface area contributed by atoms with Gasteiger partial charge in [-0.2, -0.15) is 0 Å². The van der Waals surface area contributed by atoms with Crippen LogP contribution in [0.2, 0.25) is 0 Å². The number of halogens is 1. The molecule has 0 aromatic heterocycles. The number of rotatable bonds is 3. The van der Waals surface area contributed by atoms with Crippen LogP contribution in [0.25, 0.3) is 0 Å². The highest BCUT2D eigenvalue weighted by molar-refractivity contribution is 9.10. The van der Waals surface area contributed by atoms with Crippen molar-refractivity contribution in [2.24, 2.45) is 5.92 Å². The highest BCUT2D eigenvalue weighted by Gasteiger charge is 2.42. The molecule has 1 N–H and O–H groups in total. The first-order chi connectivity index (χ1) is 9.52. The minimum absolute atomic E-state index is 0.0941. The van der Waals surface area contributed by atoms with Gasteiger partial charge in [0.25, 0.3) is 0 Å². The van der Waals surface area contributed by atoms with Gasteiger partial charge >= 0.3 is 5.97 Å². The van der Waals surface area contributed by atoms with Gasteiger partial charge in [-0.1, -0.05) is 28.1 Å². The molecule has 106 valence electrons. The highest BCUT2D eigenvalue weighted by atomic mass is 79.9. The van der Waals surface area contributed by atoms with Crippen molar-refractivity contribution in [2.45, 2.75) is 19.3 Å². The zero-order chi connectivity index (χ0) is 14.7. The molecule has 1 saturated heterocycles. The van der Waals surface area contributed by atoms with E-state index in [0.717, 1.165) is 10.0 Å². The first kappa shape index (κ1) is 14.7. The van der Waals surface area contributed by atoms with Crippen molar-refractivity contribution in [1.29, 1.82) is 0 Å². The smallest absolute Gasteiger partial charge is 0.319 e. The lowest BCUT2D eigenvalue weighted by Crippen LogP contribution is -2.48. The van der Waals surface area contributed by atoms with Crippen molar-refractivity contribution in [2.75, 3.05) is 6.61 Å². The van der Waals surface area contributed by atoms with Crippen LogP contribution >= 0.6 is 15.9 Å². The zero-order valence-electron chi connectivity index (χ0n) is 10.9. The molecule has 20 heavy (non-hydrogen) atoms. The van der Waals surface area contributed by atoms with E-state index in [1.807, 2.05) is 12.1 Å². The maximum Gasteiger partial charge on any atom is 0.319 e. The van der Waals surface area contributed by atoms with E-state index < -0.39 is 23.7 Å². The summed E-state index contributed by atoms with van der Waals surface area (Å²) < 4.78 is 5.83. The third-order valence-corrected chi connectivity index (χ3v) is 3.72. The van der Waals surface area contributed by atoms with E-state index in [2.05, 4.69) is 21.2 Å². The third kappa shape index (κ3) is 3.07. The molecule has 5 nitrogen and oxygen atoms in total. The Balaban J connectivity index is 2.33. The second-order valence-electron chi connectivity index (χ2n) is 4.50. The first-order valence-corrected chi connectivity index (χ1v) is 7.08. The summed E-state index contributed by atoms with van der Waals surface area (Å²) in [6.45, 7) is 1.88.